The summed E-state index contributed by atoms with van der Waals surface area (Å²) in [7, 11) is 1.38. The molecule has 1 aromatic carbocycles. The van der Waals surface area contributed by atoms with Crippen LogP contribution in [0.3, 0.4) is 0 Å². The Morgan fingerprint density at radius 2 is 1.94 bits per heavy atom. The molecule has 0 N–H and O–H groups in total. The zero-order chi connectivity index (χ0) is 13.1. The van der Waals surface area contributed by atoms with Crippen molar-refractivity contribution in [3.8, 4) is 0 Å². The highest BCUT2D eigenvalue weighted by atomic mass is 16.5. The number of esters is 1. The molecule has 0 heterocycles. The monoisotopic (exact) mass is 244 g/mol. The van der Waals surface area contributed by atoms with E-state index in [0.717, 1.165) is 16.7 Å². The number of carbonyl (C=O) groups is 2. The van der Waals surface area contributed by atoms with Crippen LogP contribution < -0.4 is 0 Å². The number of hydrogen-bond acceptors (Lipinski definition) is 3. The molecule has 0 saturated heterocycles. The first-order chi connectivity index (χ1) is 8.61. The first-order valence-electron chi connectivity index (χ1n) is 6.01. The fraction of sp³-hybridized carbons (Fsp3) is 0.333. The van der Waals surface area contributed by atoms with Crippen molar-refractivity contribution in [2.24, 2.45) is 5.92 Å². The van der Waals surface area contributed by atoms with E-state index < -0.39 is 0 Å². The predicted molar refractivity (Wildman–Crippen MR) is 68.9 cm³/mol. The number of methoxy groups -OCH3 is 1. The molecule has 1 atom stereocenters. The number of ether oxygens (including phenoxy) is 1. The highest BCUT2D eigenvalue weighted by Gasteiger charge is 2.29. The van der Waals surface area contributed by atoms with Gasteiger partial charge in [-0.1, -0.05) is 29.8 Å². The van der Waals surface area contributed by atoms with E-state index >= 15 is 0 Å². The highest BCUT2D eigenvalue weighted by Crippen LogP contribution is 2.32. The number of ketones is 1. The molecule has 0 radical (unpaired) electrons. The largest absolute Gasteiger partial charge is 0.469 e. The van der Waals surface area contributed by atoms with Gasteiger partial charge in [-0.25, -0.2) is 0 Å². The number of allylic oxidation sites excluding steroid dienone is 1. The molecule has 0 saturated carbocycles. The van der Waals surface area contributed by atoms with E-state index in [2.05, 4.69) is 0 Å². The average Bonchev–Trinajstić information content (AvgIpc) is 2.38. The smallest absolute Gasteiger partial charge is 0.313 e. The molecule has 1 aromatic rings. The van der Waals surface area contributed by atoms with Crippen LogP contribution in [0.5, 0.6) is 0 Å². The summed E-state index contributed by atoms with van der Waals surface area (Å²) >= 11 is 0. The molecule has 94 valence electrons. The number of aryl methyl sites for hydroxylation is 1. The van der Waals surface area contributed by atoms with Crippen LogP contribution in [0.2, 0.25) is 0 Å². The Morgan fingerprint density at radius 3 is 2.56 bits per heavy atom. The van der Waals surface area contributed by atoms with E-state index in [1.54, 1.807) is 6.08 Å². The molecular formula is C15H16O3. The Kier molecular flexibility index (Phi) is 3.60. The fourth-order valence-corrected chi connectivity index (χ4v) is 2.21. The molecule has 0 bridgehead atoms. The van der Waals surface area contributed by atoms with Crippen LogP contribution in [-0.2, 0) is 14.3 Å². The lowest BCUT2D eigenvalue weighted by atomic mass is 9.83. The average molecular weight is 244 g/mol. The maximum absolute atomic E-state index is 11.7. The van der Waals surface area contributed by atoms with E-state index in [1.165, 1.54) is 7.11 Å². The molecule has 1 aliphatic rings. The normalized spacial score (nSPS) is 19.3. The summed E-state index contributed by atoms with van der Waals surface area (Å²) in [6.45, 7) is 2.00. The zero-order valence-corrected chi connectivity index (χ0v) is 10.6. The summed E-state index contributed by atoms with van der Waals surface area (Å²) in [5.74, 6) is -0.518. The van der Waals surface area contributed by atoms with E-state index in [1.807, 2.05) is 31.2 Å². The van der Waals surface area contributed by atoms with Crippen molar-refractivity contribution in [1.82, 2.24) is 0 Å². The van der Waals surface area contributed by atoms with Crippen LogP contribution in [0, 0.1) is 12.8 Å². The Bertz CT molecular complexity index is 497. The molecule has 1 aliphatic carbocycles. The Hall–Kier alpha value is -1.90. The summed E-state index contributed by atoms with van der Waals surface area (Å²) in [6.07, 6.45) is 2.52. The highest BCUT2D eigenvalue weighted by molar-refractivity contribution is 6.03. The summed E-state index contributed by atoms with van der Waals surface area (Å²) in [6, 6.07) is 7.83. The van der Waals surface area contributed by atoms with Gasteiger partial charge >= 0.3 is 5.97 Å². The van der Waals surface area contributed by atoms with Crippen molar-refractivity contribution in [2.45, 2.75) is 19.8 Å². The molecule has 2 rings (SSSR count). The fourth-order valence-electron chi connectivity index (χ4n) is 2.21. The van der Waals surface area contributed by atoms with Gasteiger partial charge in [-0.05, 0) is 30.6 Å². The van der Waals surface area contributed by atoms with Gasteiger partial charge in [0.05, 0.1) is 13.0 Å². The first-order valence-corrected chi connectivity index (χ1v) is 6.01. The first kappa shape index (κ1) is 12.6. The second-order valence-electron chi connectivity index (χ2n) is 4.55. The van der Waals surface area contributed by atoms with Crippen molar-refractivity contribution in [2.75, 3.05) is 7.11 Å². The van der Waals surface area contributed by atoms with Crippen molar-refractivity contribution >= 4 is 17.3 Å². The van der Waals surface area contributed by atoms with Crippen LogP contribution >= 0.6 is 0 Å². The van der Waals surface area contributed by atoms with Crippen LogP contribution in [0.4, 0.5) is 0 Å². The van der Waals surface area contributed by atoms with Gasteiger partial charge in [-0.15, -0.1) is 0 Å². The van der Waals surface area contributed by atoms with Gasteiger partial charge in [-0.2, -0.15) is 0 Å². The van der Waals surface area contributed by atoms with Crippen molar-refractivity contribution in [3.63, 3.8) is 0 Å². The van der Waals surface area contributed by atoms with Gasteiger partial charge in [0.1, 0.15) is 0 Å². The van der Waals surface area contributed by atoms with Crippen molar-refractivity contribution < 1.29 is 14.3 Å². The topological polar surface area (TPSA) is 43.4 Å². The predicted octanol–water partition coefficient (Wildman–Crippen LogP) is 2.53. The molecule has 0 spiro atoms. The quantitative estimate of drug-likeness (QED) is 0.751. The van der Waals surface area contributed by atoms with E-state index in [0.29, 0.717) is 12.8 Å². The maximum atomic E-state index is 11.7. The van der Waals surface area contributed by atoms with Crippen LogP contribution in [0.25, 0.3) is 5.57 Å². The van der Waals surface area contributed by atoms with Crippen molar-refractivity contribution in [1.29, 1.82) is 0 Å². The summed E-state index contributed by atoms with van der Waals surface area (Å²) in [4.78, 5) is 23.3. The van der Waals surface area contributed by atoms with E-state index in [9.17, 15) is 9.59 Å². The second kappa shape index (κ2) is 5.17. The third-order valence-electron chi connectivity index (χ3n) is 3.24. The maximum Gasteiger partial charge on any atom is 0.313 e. The lowest BCUT2D eigenvalue weighted by Crippen LogP contribution is -2.22. The molecular weight excluding hydrogens is 228 g/mol. The third-order valence-corrected chi connectivity index (χ3v) is 3.24. The molecule has 0 fully saturated rings. The number of rotatable bonds is 2. The minimum atomic E-state index is -0.324. The van der Waals surface area contributed by atoms with Gasteiger partial charge in [0.2, 0.25) is 0 Å². The summed E-state index contributed by atoms with van der Waals surface area (Å²) in [5, 5.41) is 0. The second-order valence-corrected chi connectivity index (χ2v) is 4.55. The van der Waals surface area contributed by atoms with Crippen LogP contribution in [0.1, 0.15) is 24.0 Å². The van der Waals surface area contributed by atoms with E-state index in [4.69, 9.17) is 4.74 Å². The number of carbonyl (C=O) groups excluding carboxylic acids is 2. The lowest BCUT2D eigenvalue weighted by molar-refractivity contribution is -0.143. The van der Waals surface area contributed by atoms with E-state index in [-0.39, 0.29) is 17.7 Å². The SMILES string of the molecule is COC(=O)C1CCC(=O)C=C1c1ccc(C)cc1. The lowest BCUT2D eigenvalue weighted by Gasteiger charge is -2.21. The van der Waals surface area contributed by atoms with Gasteiger partial charge in [0.25, 0.3) is 0 Å². The molecule has 0 aromatic heterocycles. The summed E-state index contributed by atoms with van der Waals surface area (Å²) < 4.78 is 4.81. The Morgan fingerprint density at radius 1 is 1.28 bits per heavy atom. The van der Waals surface area contributed by atoms with Gasteiger partial charge in [0, 0.05) is 6.42 Å². The molecule has 3 heteroatoms. The number of hydrogen-bond donors (Lipinski definition) is 0. The molecule has 0 amide bonds. The minimum absolute atomic E-state index is 0.0747. The van der Waals surface area contributed by atoms with Crippen LogP contribution in [-0.4, -0.2) is 18.9 Å². The van der Waals surface area contributed by atoms with Gasteiger partial charge < -0.3 is 4.74 Å². The van der Waals surface area contributed by atoms with Gasteiger partial charge in [0.15, 0.2) is 5.78 Å². The Balaban J connectivity index is 2.39. The molecule has 1 unspecified atom stereocenters. The summed E-state index contributed by atoms with van der Waals surface area (Å²) in [5.41, 5.74) is 2.85. The van der Waals surface area contributed by atoms with Gasteiger partial charge in [-0.3, -0.25) is 9.59 Å². The van der Waals surface area contributed by atoms with Crippen LogP contribution in [0.15, 0.2) is 30.3 Å². The third kappa shape index (κ3) is 2.50. The minimum Gasteiger partial charge on any atom is -0.469 e. The molecule has 18 heavy (non-hydrogen) atoms. The zero-order valence-electron chi connectivity index (χ0n) is 10.6. The molecule has 3 nitrogen and oxygen atoms in total. The number of benzene rings is 1. The molecule has 0 aliphatic heterocycles. The Labute approximate surface area is 106 Å². The standard InChI is InChI=1S/C15H16O3/c1-10-3-5-11(6-4-10)14-9-12(16)7-8-13(14)15(17)18-2/h3-6,9,13H,7-8H2,1-2H3. The van der Waals surface area contributed by atoms with Crippen molar-refractivity contribution in [3.05, 3.63) is 41.5 Å².